The van der Waals surface area contributed by atoms with Crippen LogP contribution >= 0.6 is 0 Å². The molecule has 3 aromatic rings. The minimum atomic E-state index is -1.31. The van der Waals surface area contributed by atoms with E-state index in [4.69, 9.17) is 10.2 Å². The molecule has 0 aliphatic heterocycles. The van der Waals surface area contributed by atoms with Gasteiger partial charge in [0, 0.05) is 18.8 Å². The summed E-state index contributed by atoms with van der Waals surface area (Å²) < 4.78 is 0. The molecule has 180 valence electrons. The number of hydrogen-bond donors (Lipinski definition) is 6. The van der Waals surface area contributed by atoms with Crippen molar-refractivity contribution < 1.29 is 24.6 Å². The normalized spacial score (nSPS) is 11.7. The summed E-state index contributed by atoms with van der Waals surface area (Å²) in [5.74, 6) is -1.29. The summed E-state index contributed by atoms with van der Waals surface area (Å²) in [4.78, 5) is 34.5. The molecule has 0 radical (unpaired) electrons. The molecule has 0 fully saturated rings. The number of urea groups is 2. The first-order valence-corrected chi connectivity index (χ1v) is 11.3. The highest BCUT2D eigenvalue weighted by Gasteiger charge is 2.17. The summed E-state index contributed by atoms with van der Waals surface area (Å²) in [7, 11) is 0. The van der Waals surface area contributed by atoms with E-state index in [1.54, 1.807) is 0 Å². The lowest BCUT2D eigenvalue weighted by molar-refractivity contribution is -0.140. The average molecular weight is 467 g/mol. The number of carbonyl (C=O) groups excluding carboxylic acids is 2. The molecule has 6 N–H and O–H groups in total. The summed E-state index contributed by atoms with van der Waals surface area (Å²) in [6.45, 7) is 0.269. The molecule has 9 heteroatoms. The summed E-state index contributed by atoms with van der Waals surface area (Å²) in [5, 5.41) is 32.6. The minimum absolute atomic E-state index is 0.254. The van der Waals surface area contributed by atoms with Crippen LogP contribution in [0.5, 0.6) is 0 Å². The van der Waals surface area contributed by atoms with Crippen LogP contribution in [0.25, 0.3) is 21.5 Å². The van der Waals surface area contributed by atoms with Crippen molar-refractivity contribution in [2.75, 3.05) is 25.0 Å². The fraction of sp³-hybridized carbons (Fsp3) is 0.320. The van der Waals surface area contributed by atoms with Gasteiger partial charge in [0.05, 0.1) is 6.61 Å². The second-order valence-corrected chi connectivity index (χ2v) is 8.03. The smallest absolute Gasteiger partial charge is 0.328 e. The Kier molecular flexibility index (Phi) is 9.04. The number of hydrogen-bond acceptors (Lipinski definition) is 4. The van der Waals surface area contributed by atoms with Crippen molar-refractivity contribution in [1.29, 1.82) is 0 Å². The van der Waals surface area contributed by atoms with Gasteiger partial charge >= 0.3 is 18.0 Å². The van der Waals surface area contributed by atoms with Gasteiger partial charge in [0.25, 0.3) is 0 Å². The Morgan fingerprint density at radius 2 is 1.32 bits per heavy atom. The quantitative estimate of drug-likeness (QED) is 0.190. The van der Waals surface area contributed by atoms with Gasteiger partial charge in [-0.3, -0.25) is 0 Å². The predicted octanol–water partition coefficient (Wildman–Crippen LogP) is 3.42. The molecule has 0 heterocycles. The number of carbonyl (C=O) groups is 3. The molecule has 0 spiro atoms. The predicted molar refractivity (Wildman–Crippen MR) is 132 cm³/mol. The molecule has 0 saturated carbocycles. The molecule has 0 aliphatic carbocycles. The number of nitrogens with one attached hydrogen (secondary N) is 4. The summed E-state index contributed by atoms with van der Waals surface area (Å²) in [6.07, 6.45) is 3.25. The third-order valence-corrected chi connectivity index (χ3v) is 5.42. The van der Waals surface area contributed by atoms with E-state index in [2.05, 4.69) is 45.5 Å². The van der Waals surface area contributed by atoms with E-state index in [0.29, 0.717) is 13.1 Å². The van der Waals surface area contributed by atoms with Crippen LogP contribution in [-0.2, 0) is 4.79 Å². The van der Waals surface area contributed by atoms with Crippen LogP contribution in [0.1, 0.15) is 25.7 Å². The summed E-state index contributed by atoms with van der Waals surface area (Å²) >= 11 is 0. The zero-order chi connectivity index (χ0) is 24.3. The Morgan fingerprint density at radius 1 is 0.735 bits per heavy atom. The van der Waals surface area contributed by atoms with E-state index in [1.165, 1.54) is 5.39 Å². The van der Waals surface area contributed by atoms with Gasteiger partial charge in [0.15, 0.2) is 6.04 Å². The number of aliphatic carboxylic acids is 1. The van der Waals surface area contributed by atoms with Gasteiger partial charge in [-0.05, 0) is 58.7 Å². The van der Waals surface area contributed by atoms with E-state index < -0.39 is 24.6 Å². The van der Waals surface area contributed by atoms with Gasteiger partial charge in [0.1, 0.15) is 0 Å². The number of aliphatic hydroxyl groups excluding tert-OH is 1. The number of benzene rings is 3. The minimum Gasteiger partial charge on any atom is -0.480 e. The Morgan fingerprint density at radius 3 is 1.94 bits per heavy atom. The van der Waals surface area contributed by atoms with Crippen LogP contribution in [0.2, 0.25) is 0 Å². The van der Waals surface area contributed by atoms with E-state index in [1.807, 2.05) is 30.3 Å². The Labute approximate surface area is 197 Å². The number of aliphatic hydroxyl groups is 1. The molecule has 3 aromatic carbocycles. The second kappa shape index (κ2) is 12.4. The molecule has 0 saturated heterocycles. The third kappa shape index (κ3) is 7.35. The fourth-order valence-electron chi connectivity index (χ4n) is 3.60. The maximum Gasteiger partial charge on any atom is 0.328 e. The number of amides is 4. The highest BCUT2D eigenvalue weighted by Crippen LogP contribution is 2.25. The first-order chi connectivity index (χ1) is 16.5. The Bertz CT molecular complexity index is 1150. The van der Waals surface area contributed by atoms with Gasteiger partial charge in [-0.2, -0.15) is 0 Å². The van der Waals surface area contributed by atoms with Crippen LogP contribution < -0.4 is 21.3 Å². The van der Waals surface area contributed by atoms with E-state index in [0.717, 1.165) is 47.5 Å². The average Bonchev–Trinajstić information content (AvgIpc) is 2.82. The molecular formula is C25H30N4O5. The molecular weight excluding hydrogens is 436 g/mol. The van der Waals surface area contributed by atoms with Gasteiger partial charge < -0.3 is 31.5 Å². The van der Waals surface area contributed by atoms with Gasteiger partial charge in [0.2, 0.25) is 0 Å². The van der Waals surface area contributed by atoms with Crippen molar-refractivity contribution in [1.82, 2.24) is 16.0 Å². The molecule has 0 aromatic heterocycles. The van der Waals surface area contributed by atoms with Crippen LogP contribution in [0.4, 0.5) is 15.3 Å². The molecule has 1 unspecified atom stereocenters. The number of anilines is 1. The molecule has 4 amide bonds. The molecule has 0 bridgehead atoms. The van der Waals surface area contributed by atoms with Crippen LogP contribution in [0, 0.1) is 0 Å². The van der Waals surface area contributed by atoms with E-state index >= 15 is 0 Å². The van der Waals surface area contributed by atoms with Crippen LogP contribution in [-0.4, -0.2) is 54.0 Å². The van der Waals surface area contributed by atoms with Crippen molar-refractivity contribution >= 4 is 45.3 Å². The Balaban J connectivity index is 1.30. The number of carboxylic acids is 1. The van der Waals surface area contributed by atoms with Crippen LogP contribution in [0.3, 0.4) is 0 Å². The zero-order valence-corrected chi connectivity index (χ0v) is 18.8. The van der Waals surface area contributed by atoms with Crippen molar-refractivity contribution in [2.45, 2.75) is 31.7 Å². The molecule has 0 aliphatic rings. The fourth-order valence-corrected chi connectivity index (χ4v) is 3.60. The van der Waals surface area contributed by atoms with Gasteiger partial charge in [-0.15, -0.1) is 0 Å². The van der Waals surface area contributed by atoms with Crippen molar-refractivity contribution in [3.8, 4) is 0 Å². The van der Waals surface area contributed by atoms with Crippen LogP contribution in [0.15, 0.2) is 54.6 Å². The SMILES string of the molecule is O=C(NCCCCCCNC(=O)NC(CO)C(=O)O)Nc1ccc2cc3ccccc3cc2c1. The largest absolute Gasteiger partial charge is 0.480 e. The third-order valence-electron chi connectivity index (χ3n) is 5.42. The standard InChI is InChI=1S/C25H30N4O5/c30-16-22(23(31)32)29-25(34)27-12-6-2-1-5-11-26-24(33)28-21-10-9-19-13-17-7-3-4-8-18(17)14-20(19)15-21/h3-4,7-10,13-15,22,30H,1-2,5-6,11-12,16H2,(H,31,32)(H2,26,28,33)(H2,27,29,34). The molecule has 3 rings (SSSR count). The second-order valence-electron chi connectivity index (χ2n) is 8.03. The maximum absolute atomic E-state index is 12.2. The topological polar surface area (TPSA) is 140 Å². The number of rotatable bonds is 11. The molecule has 9 nitrogen and oxygen atoms in total. The van der Waals surface area contributed by atoms with Crippen molar-refractivity contribution in [3.63, 3.8) is 0 Å². The number of unbranched alkanes of at least 4 members (excludes halogenated alkanes) is 3. The highest BCUT2D eigenvalue weighted by molar-refractivity contribution is 6.00. The Hall–Kier alpha value is -3.85. The molecule has 1 atom stereocenters. The lowest BCUT2D eigenvalue weighted by atomic mass is 10.0. The number of fused-ring (bicyclic) bond motifs is 2. The van der Waals surface area contributed by atoms with Crippen molar-refractivity contribution in [3.05, 3.63) is 54.6 Å². The maximum atomic E-state index is 12.2. The zero-order valence-electron chi connectivity index (χ0n) is 18.8. The van der Waals surface area contributed by atoms with E-state index in [9.17, 15) is 14.4 Å². The van der Waals surface area contributed by atoms with Gasteiger partial charge in [-0.25, -0.2) is 14.4 Å². The van der Waals surface area contributed by atoms with Crippen molar-refractivity contribution in [2.24, 2.45) is 0 Å². The monoisotopic (exact) mass is 466 g/mol. The molecule has 34 heavy (non-hydrogen) atoms. The number of carboxylic acid groups (broad SMARTS) is 1. The lowest BCUT2D eigenvalue weighted by Gasteiger charge is -2.12. The first-order valence-electron chi connectivity index (χ1n) is 11.3. The first kappa shape index (κ1) is 24.8. The summed E-state index contributed by atoms with van der Waals surface area (Å²) in [5.41, 5.74) is 0.732. The highest BCUT2D eigenvalue weighted by atomic mass is 16.4. The van der Waals surface area contributed by atoms with E-state index in [-0.39, 0.29) is 6.03 Å². The van der Waals surface area contributed by atoms with Gasteiger partial charge in [-0.1, -0.05) is 43.2 Å². The lowest BCUT2D eigenvalue weighted by Crippen LogP contribution is -2.48. The summed E-state index contributed by atoms with van der Waals surface area (Å²) in [6, 6.07) is 16.1.